The van der Waals surface area contributed by atoms with E-state index in [0.717, 1.165) is 44.0 Å². The van der Waals surface area contributed by atoms with E-state index in [0.29, 0.717) is 13.2 Å². The molecular weight excluding hydrogens is 424 g/mol. The number of rotatable bonds is 3. The molecule has 1 aliphatic heterocycles. The molecule has 5 rings (SSSR count). The molecule has 134 valence electrons. The molecular formula is C21H15BrN2O2S. The van der Waals surface area contributed by atoms with Gasteiger partial charge in [-0.2, -0.15) is 4.37 Å². The number of anilines is 2. The molecule has 0 atom stereocenters. The van der Waals surface area contributed by atoms with Crippen LogP contribution < -0.4 is 14.8 Å². The van der Waals surface area contributed by atoms with Crippen molar-refractivity contribution < 1.29 is 9.47 Å². The molecule has 4 nitrogen and oxygen atoms in total. The first-order valence-corrected chi connectivity index (χ1v) is 10.2. The van der Waals surface area contributed by atoms with Crippen LogP contribution in [0.1, 0.15) is 0 Å². The summed E-state index contributed by atoms with van der Waals surface area (Å²) >= 11 is 5.26. The van der Waals surface area contributed by atoms with E-state index in [1.807, 2.05) is 36.4 Å². The monoisotopic (exact) mass is 438 g/mol. The van der Waals surface area contributed by atoms with Crippen LogP contribution in [0.4, 0.5) is 11.5 Å². The lowest BCUT2D eigenvalue weighted by atomic mass is 10.0. The van der Waals surface area contributed by atoms with Crippen molar-refractivity contribution in [2.24, 2.45) is 0 Å². The van der Waals surface area contributed by atoms with Crippen molar-refractivity contribution in [1.82, 2.24) is 4.37 Å². The molecule has 4 aromatic rings. The van der Waals surface area contributed by atoms with Crippen LogP contribution in [0.25, 0.3) is 21.2 Å². The third kappa shape index (κ3) is 3.05. The predicted molar refractivity (Wildman–Crippen MR) is 113 cm³/mol. The number of nitrogens with one attached hydrogen (secondary N) is 1. The highest BCUT2D eigenvalue weighted by molar-refractivity contribution is 9.10. The van der Waals surface area contributed by atoms with Gasteiger partial charge in [0, 0.05) is 9.86 Å². The first-order valence-electron chi connectivity index (χ1n) is 8.59. The Bertz CT molecular complexity index is 1140. The van der Waals surface area contributed by atoms with Crippen LogP contribution in [-0.4, -0.2) is 17.6 Å². The summed E-state index contributed by atoms with van der Waals surface area (Å²) in [6.07, 6.45) is 0. The zero-order valence-corrected chi connectivity index (χ0v) is 16.6. The van der Waals surface area contributed by atoms with Gasteiger partial charge in [0.15, 0.2) is 17.3 Å². The van der Waals surface area contributed by atoms with Crippen molar-refractivity contribution in [3.05, 3.63) is 65.1 Å². The zero-order valence-electron chi connectivity index (χ0n) is 14.2. The van der Waals surface area contributed by atoms with Crippen molar-refractivity contribution in [3.63, 3.8) is 0 Å². The number of benzene rings is 3. The average molecular weight is 439 g/mol. The molecule has 0 aliphatic carbocycles. The average Bonchev–Trinajstić information content (AvgIpc) is 3.12. The Balaban J connectivity index is 1.53. The summed E-state index contributed by atoms with van der Waals surface area (Å²) in [6.45, 7) is 1.17. The number of hydrogen-bond acceptors (Lipinski definition) is 5. The molecule has 0 saturated carbocycles. The molecule has 0 amide bonds. The van der Waals surface area contributed by atoms with E-state index in [-0.39, 0.29) is 0 Å². The molecule has 3 aromatic carbocycles. The van der Waals surface area contributed by atoms with E-state index in [1.165, 1.54) is 16.2 Å². The number of fused-ring (bicyclic) bond motifs is 2. The molecule has 2 heterocycles. The molecule has 1 aromatic heterocycles. The van der Waals surface area contributed by atoms with Gasteiger partial charge in [0.1, 0.15) is 13.2 Å². The fraction of sp³-hybridized carbons (Fsp3) is 0.0952. The second-order valence-corrected chi connectivity index (χ2v) is 7.78. The van der Waals surface area contributed by atoms with E-state index in [9.17, 15) is 0 Å². The van der Waals surface area contributed by atoms with Crippen LogP contribution in [0.5, 0.6) is 11.5 Å². The fourth-order valence-electron chi connectivity index (χ4n) is 3.17. The van der Waals surface area contributed by atoms with Crippen LogP contribution in [0.15, 0.2) is 65.1 Å². The van der Waals surface area contributed by atoms with Gasteiger partial charge >= 0.3 is 0 Å². The summed E-state index contributed by atoms with van der Waals surface area (Å²) in [6, 6.07) is 20.4. The lowest BCUT2D eigenvalue weighted by Crippen LogP contribution is -2.15. The number of aromatic nitrogens is 1. The fourth-order valence-corrected chi connectivity index (χ4v) is 4.49. The summed E-state index contributed by atoms with van der Waals surface area (Å²) < 4.78 is 18.1. The summed E-state index contributed by atoms with van der Waals surface area (Å²) in [5, 5.41) is 4.59. The van der Waals surface area contributed by atoms with Gasteiger partial charge in [-0.15, -0.1) is 0 Å². The highest BCUT2D eigenvalue weighted by atomic mass is 79.9. The van der Waals surface area contributed by atoms with Crippen molar-refractivity contribution >= 4 is 49.1 Å². The van der Waals surface area contributed by atoms with Gasteiger partial charge < -0.3 is 14.8 Å². The highest BCUT2D eigenvalue weighted by Gasteiger charge is 2.15. The Morgan fingerprint density at radius 1 is 0.926 bits per heavy atom. The van der Waals surface area contributed by atoms with Gasteiger partial charge in [0.25, 0.3) is 0 Å². The summed E-state index contributed by atoms with van der Waals surface area (Å²) in [5.41, 5.74) is 3.12. The molecule has 1 aliphatic rings. The van der Waals surface area contributed by atoms with E-state index in [1.54, 1.807) is 0 Å². The molecule has 0 saturated heterocycles. The molecule has 0 unspecified atom stereocenters. The van der Waals surface area contributed by atoms with Crippen molar-refractivity contribution in [2.75, 3.05) is 18.5 Å². The molecule has 27 heavy (non-hydrogen) atoms. The van der Waals surface area contributed by atoms with Crippen LogP contribution >= 0.6 is 27.5 Å². The van der Waals surface area contributed by atoms with Gasteiger partial charge in [-0.05, 0) is 68.9 Å². The number of hydrogen-bond donors (Lipinski definition) is 1. The molecule has 0 fully saturated rings. The second-order valence-electron chi connectivity index (χ2n) is 6.18. The van der Waals surface area contributed by atoms with Crippen molar-refractivity contribution in [1.29, 1.82) is 0 Å². The van der Waals surface area contributed by atoms with Gasteiger partial charge in [-0.25, -0.2) is 0 Å². The highest BCUT2D eigenvalue weighted by Crippen LogP contribution is 2.40. The first-order chi connectivity index (χ1) is 13.3. The third-order valence-electron chi connectivity index (χ3n) is 4.48. The number of nitrogens with zero attached hydrogens (tertiary/aromatic N) is 1. The Morgan fingerprint density at radius 3 is 2.70 bits per heavy atom. The van der Waals surface area contributed by atoms with E-state index < -0.39 is 0 Å². The van der Waals surface area contributed by atoms with Crippen LogP contribution in [-0.2, 0) is 0 Å². The lowest BCUT2D eigenvalue weighted by molar-refractivity contribution is 0.171. The van der Waals surface area contributed by atoms with Gasteiger partial charge in [-0.3, -0.25) is 0 Å². The quantitative estimate of drug-likeness (QED) is 0.410. The SMILES string of the molecule is Brc1c(Nc2nsc3ccccc23)cccc1-c1ccc2c(c1)OCCO2. The third-order valence-corrected chi connectivity index (χ3v) is 6.16. The minimum absolute atomic E-state index is 0.579. The van der Waals surface area contributed by atoms with Crippen LogP contribution in [0.2, 0.25) is 0 Å². The second kappa shape index (κ2) is 6.87. The van der Waals surface area contributed by atoms with Gasteiger partial charge in [-0.1, -0.05) is 30.3 Å². The number of ether oxygens (including phenoxy) is 2. The molecule has 0 spiro atoms. The first kappa shape index (κ1) is 16.6. The van der Waals surface area contributed by atoms with Crippen LogP contribution in [0, 0.1) is 0 Å². The Morgan fingerprint density at radius 2 is 1.78 bits per heavy atom. The largest absolute Gasteiger partial charge is 0.486 e. The predicted octanol–water partition coefficient (Wildman–Crippen LogP) is 6.24. The standard InChI is InChI=1S/C21H15BrN2O2S/c22-20-14(13-8-9-17-18(12-13)26-11-10-25-17)5-3-6-16(20)23-21-15-4-1-2-7-19(15)27-24-21/h1-9,12H,10-11H2,(H,23,24). The maximum absolute atomic E-state index is 5.72. The summed E-state index contributed by atoms with van der Waals surface area (Å²) in [5.74, 6) is 2.45. The Hall–Kier alpha value is -2.57. The molecule has 6 heteroatoms. The van der Waals surface area contributed by atoms with Gasteiger partial charge in [0.2, 0.25) is 0 Å². The summed E-state index contributed by atoms with van der Waals surface area (Å²) in [4.78, 5) is 0. The van der Waals surface area contributed by atoms with Crippen LogP contribution in [0.3, 0.4) is 0 Å². The van der Waals surface area contributed by atoms with Crippen molar-refractivity contribution in [3.8, 4) is 22.6 Å². The minimum Gasteiger partial charge on any atom is -0.486 e. The minimum atomic E-state index is 0.579. The van der Waals surface area contributed by atoms with E-state index >= 15 is 0 Å². The topological polar surface area (TPSA) is 43.4 Å². The Labute approximate surface area is 169 Å². The zero-order chi connectivity index (χ0) is 18.2. The molecule has 1 N–H and O–H groups in total. The molecule has 0 radical (unpaired) electrons. The van der Waals surface area contributed by atoms with E-state index in [2.05, 4.69) is 49.9 Å². The maximum atomic E-state index is 5.72. The maximum Gasteiger partial charge on any atom is 0.161 e. The smallest absolute Gasteiger partial charge is 0.161 e. The van der Waals surface area contributed by atoms with Gasteiger partial charge in [0.05, 0.1) is 10.4 Å². The normalized spacial score (nSPS) is 12.9. The Kier molecular flexibility index (Phi) is 4.22. The van der Waals surface area contributed by atoms with E-state index in [4.69, 9.17) is 9.47 Å². The lowest BCUT2D eigenvalue weighted by Gasteiger charge is -2.19. The summed E-state index contributed by atoms with van der Waals surface area (Å²) in [7, 11) is 0. The molecule has 0 bridgehead atoms. The van der Waals surface area contributed by atoms with Crippen molar-refractivity contribution in [2.45, 2.75) is 0 Å². The number of halogens is 1.